The van der Waals surface area contributed by atoms with Crippen molar-refractivity contribution in [3.63, 3.8) is 0 Å². The van der Waals surface area contributed by atoms with Crippen molar-refractivity contribution < 1.29 is 29.6 Å². The van der Waals surface area contributed by atoms with Crippen molar-refractivity contribution in [3.05, 3.63) is 84.1 Å². The van der Waals surface area contributed by atoms with E-state index < -0.39 is 12.1 Å². The molecule has 4 rings (SSSR count). The zero-order valence-electron chi connectivity index (χ0n) is 21.1. The highest BCUT2D eigenvalue weighted by Gasteiger charge is 2.15. The van der Waals surface area contributed by atoms with Gasteiger partial charge in [-0.3, -0.25) is 4.79 Å². The summed E-state index contributed by atoms with van der Waals surface area (Å²) in [6.07, 6.45) is 1.90. The lowest BCUT2D eigenvalue weighted by molar-refractivity contribution is -0.133. The Kier molecular flexibility index (Phi) is 9.53. The number of aliphatic hydroxyl groups excluding tert-OH is 1. The van der Waals surface area contributed by atoms with Crippen molar-refractivity contribution in [3.8, 4) is 17.2 Å². The number of hydrogen-bond donors (Lipinski definition) is 5. The maximum Gasteiger partial charge on any atom is 0.313 e. The van der Waals surface area contributed by atoms with Crippen LogP contribution in [-0.2, 0) is 17.8 Å². The Morgan fingerprint density at radius 2 is 1.84 bits per heavy atom. The molecule has 0 radical (unpaired) electrons. The van der Waals surface area contributed by atoms with E-state index in [0.29, 0.717) is 12.3 Å². The van der Waals surface area contributed by atoms with Gasteiger partial charge in [0.2, 0.25) is 5.75 Å². The maximum atomic E-state index is 10.9. The third kappa shape index (κ3) is 7.44. The van der Waals surface area contributed by atoms with Gasteiger partial charge in [-0.1, -0.05) is 48.5 Å². The molecule has 0 spiro atoms. The van der Waals surface area contributed by atoms with Crippen LogP contribution < -0.4 is 14.8 Å². The molecule has 5 N–H and O–H groups in total. The van der Waals surface area contributed by atoms with Gasteiger partial charge in [0.25, 0.3) is 0 Å². The summed E-state index contributed by atoms with van der Waals surface area (Å²) in [6.45, 7) is 2.68. The minimum absolute atomic E-state index is 0.00856. The lowest BCUT2D eigenvalue weighted by Crippen LogP contribution is -2.37. The second kappa shape index (κ2) is 13.2. The van der Waals surface area contributed by atoms with Gasteiger partial charge in [-0.2, -0.15) is 0 Å². The zero-order chi connectivity index (χ0) is 26.9. The number of aromatic amines is 1. The first kappa shape index (κ1) is 27.4. The van der Waals surface area contributed by atoms with Crippen molar-refractivity contribution >= 4 is 28.6 Å². The number of nitrogens with one attached hydrogen (secondary N) is 2. The van der Waals surface area contributed by atoms with Crippen LogP contribution in [-0.4, -0.2) is 57.3 Å². The molecule has 200 valence electrons. The number of rotatable bonds is 14. The normalized spacial score (nSPS) is 12.8. The van der Waals surface area contributed by atoms with E-state index in [1.807, 2.05) is 61.7 Å². The van der Waals surface area contributed by atoms with Gasteiger partial charge in [0, 0.05) is 29.1 Å². The standard InChI is InChI=1S/C29H32N2O6S/c1-19(13-21-14-31-28-23(21)9-5-12-26(28)38-18-27(34)35)30-15-22(32)17-36-25-11-6-10-24(33)29(25)37-16-20-7-3-2-4-8-20/h2-12,14,19,22,30-33H,13,15-18H2,1H3,(H,34,35)/t19-,22+/m1/s1. The van der Waals surface area contributed by atoms with Crippen molar-refractivity contribution in [2.24, 2.45) is 0 Å². The Hall–Kier alpha value is -3.66. The molecular formula is C29H32N2O6S. The predicted molar refractivity (Wildman–Crippen MR) is 148 cm³/mol. The second-order valence-electron chi connectivity index (χ2n) is 9.03. The van der Waals surface area contributed by atoms with Gasteiger partial charge in [0.1, 0.15) is 19.3 Å². The number of thioether (sulfide) groups is 1. The van der Waals surface area contributed by atoms with E-state index in [4.69, 9.17) is 14.6 Å². The number of carbonyl (C=O) groups is 1. The summed E-state index contributed by atoms with van der Waals surface area (Å²) in [7, 11) is 0. The molecule has 3 aromatic carbocycles. The van der Waals surface area contributed by atoms with Gasteiger partial charge in [0.05, 0.1) is 11.3 Å². The SMILES string of the molecule is C[C@H](Cc1c[nH]c2c(SCC(=O)O)cccc12)NC[C@H](O)COc1cccc(O)c1OCc1ccccc1. The van der Waals surface area contributed by atoms with Gasteiger partial charge >= 0.3 is 5.97 Å². The second-order valence-corrected chi connectivity index (χ2v) is 10.0. The Morgan fingerprint density at radius 3 is 2.63 bits per heavy atom. The molecule has 1 aromatic heterocycles. The van der Waals surface area contributed by atoms with Crippen LogP contribution in [0.2, 0.25) is 0 Å². The zero-order valence-corrected chi connectivity index (χ0v) is 21.9. The molecule has 1 heterocycles. The fourth-order valence-corrected chi connectivity index (χ4v) is 4.86. The summed E-state index contributed by atoms with van der Waals surface area (Å²) < 4.78 is 11.6. The third-order valence-corrected chi connectivity index (χ3v) is 7.00. The molecule has 0 aliphatic carbocycles. The summed E-state index contributed by atoms with van der Waals surface area (Å²) in [6, 6.07) is 20.5. The van der Waals surface area contributed by atoms with Crippen LogP contribution in [0.5, 0.6) is 17.2 Å². The van der Waals surface area contributed by atoms with Crippen LogP contribution in [0.25, 0.3) is 10.9 Å². The fourth-order valence-electron chi connectivity index (χ4n) is 4.09. The Bertz CT molecular complexity index is 1340. The number of phenols is 1. The highest BCUT2D eigenvalue weighted by molar-refractivity contribution is 8.00. The number of fused-ring (bicyclic) bond motifs is 1. The Morgan fingerprint density at radius 1 is 1.05 bits per heavy atom. The number of carboxylic acids is 1. The molecule has 38 heavy (non-hydrogen) atoms. The molecule has 2 atom stereocenters. The lowest BCUT2D eigenvalue weighted by Gasteiger charge is -2.19. The van der Waals surface area contributed by atoms with Gasteiger partial charge in [-0.15, -0.1) is 11.8 Å². The summed E-state index contributed by atoms with van der Waals surface area (Å²) in [5, 5.41) is 34.2. The average molecular weight is 537 g/mol. The van der Waals surface area contributed by atoms with Crippen LogP contribution in [0.4, 0.5) is 0 Å². The van der Waals surface area contributed by atoms with Gasteiger partial charge in [0.15, 0.2) is 11.5 Å². The van der Waals surface area contributed by atoms with E-state index in [1.165, 1.54) is 17.8 Å². The van der Waals surface area contributed by atoms with Gasteiger partial charge in [-0.25, -0.2) is 0 Å². The Balaban J connectivity index is 1.28. The smallest absolute Gasteiger partial charge is 0.313 e. The third-order valence-electron chi connectivity index (χ3n) is 5.96. The largest absolute Gasteiger partial charge is 0.504 e. The molecular weight excluding hydrogens is 504 g/mol. The molecule has 0 aliphatic rings. The number of phenolic OH excluding ortho intramolecular Hbond substituents is 1. The monoisotopic (exact) mass is 536 g/mol. The number of aromatic nitrogens is 1. The van der Waals surface area contributed by atoms with Crippen molar-refractivity contribution in [1.29, 1.82) is 0 Å². The summed E-state index contributed by atoms with van der Waals surface area (Å²) in [5.41, 5.74) is 3.01. The number of H-pyrrole nitrogens is 1. The van der Waals surface area contributed by atoms with Crippen LogP contribution in [0, 0.1) is 0 Å². The average Bonchev–Trinajstić information content (AvgIpc) is 3.32. The molecule has 4 aromatic rings. The first-order valence-corrected chi connectivity index (χ1v) is 13.4. The van der Waals surface area contributed by atoms with Crippen molar-refractivity contribution in [2.75, 3.05) is 18.9 Å². The topological polar surface area (TPSA) is 124 Å². The molecule has 0 aliphatic heterocycles. The van der Waals surface area contributed by atoms with E-state index in [9.17, 15) is 15.0 Å². The number of aliphatic hydroxyl groups is 1. The first-order chi connectivity index (χ1) is 18.4. The molecule has 0 bridgehead atoms. The molecule has 0 saturated carbocycles. The highest BCUT2D eigenvalue weighted by atomic mass is 32.2. The molecule has 0 fully saturated rings. The van der Waals surface area contributed by atoms with E-state index in [2.05, 4.69) is 10.3 Å². The number of aromatic hydroxyl groups is 1. The number of carboxylic acid groups (broad SMARTS) is 1. The predicted octanol–water partition coefficient (Wildman–Crippen LogP) is 4.59. The van der Waals surface area contributed by atoms with E-state index in [-0.39, 0.29) is 36.5 Å². The summed E-state index contributed by atoms with van der Waals surface area (Å²) in [5.74, 6) is -0.259. The van der Waals surface area contributed by atoms with E-state index in [1.54, 1.807) is 12.1 Å². The molecule has 0 unspecified atom stereocenters. The van der Waals surface area contributed by atoms with Gasteiger partial charge < -0.3 is 35.1 Å². The van der Waals surface area contributed by atoms with Gasteiger partial charge in [-0.05, 0) is 42.7 Å². The maximum absolute atomic E-state index is 10.9. The highest BCUT2D eigenvalue weighted by Crippen LogP contribution is 2.37. The van der Waals surface area contributed by atoms with Crippen LogP contribution in [0.1, 0.15) is 18.1 Å². The quantitative estimate of drug-likeness (QED) is 0.148. The fraction of sp³-hybridized carbons (Fsp3) is 0.276. The Labute approximate surface area is 225 Å². The molecule has 9 heteroatoms. The lowest BCUT2D eigenvalue weighted by atomic mass is 10.1. The van der Waals surface area contributed by atoms with Crippen LogP contribution >= 0.6 is 11.8 Å². The number of hydrogen-bond acceptors (Lipinski definition) is 7. The minimum Gasteiger partial charge on any atom is -0.504 e. The van der Waals surface area contributed by atoms with Crippen LogP contribution in [0.15, 0.2) is 77.8 Å². The van der Waals surface area contributed by atoms with Crippen LogP contribution in [0.3, 0.4) is 0 Å². The first-order valence-electron chi connectivity index (χ1n) is 12.4. The number of ether oxygens (including phenoxy) is 2. The molecule has 0 saturated heterocycles. The van der Waals surface area contributed by atoms with E-state index >= 15 is 0 Å². The van der Waals surface area contributed by atoms with Crippen molar-refractivity contribution in [1.82, 2.24) is 10.3 Å². The number of aliphatic carboxylic acids is 1. The molecule has 0 amide bonds. The van der Waals surface area contributed by atoms with E-state index in [0.717, 1.165) is 33.3 Å². The summed E-state index contributed by atoms with van der Waals surface area (Å²) >= 11 is 1.29. The summed E-state index contributed by atoms with van der Waals surface area (Å²) in [4.78, 5) is 15.1. The van der Waals surface area contributed by atoms with Crippen molar-refractivity contribution in [2.45, 2.75) is 37.0 Å². The number of para-hydroxylation sites is 2. The minimum atomic E-state index is -0.848. The molecule has 8 nitrogen and oxygen atoms in total. The number of benzene rings is 3.